The van der Waals surface area contributed by atoms with E-state index in [0.717, 1.165) is 0 Å². The van der Waals surface area contributed by atoms with Crippen LogP contribution in [0, 0.1) is 0 Å². The van der Waals surface area contributed by atoms with Crippen LogP contribution >= 0.6 is 0 Å². The zero-order chi connectivity index (χ0) is 12.7. The van der Waals surface area contributed by atoms with Crippen LogP contribution in [-0.4, -0.2) is 30.1 Å². The molecule has 0 bridgehead atoms. The minimum Gasteiger partial charge on any atom is -0.377 e. The Balaban J connectivity index is 2.41. The zero-order valence-corrected chi connectivity index (χ0v) is 10.1. The Morgan fingerprint density at radius 2 is 2.29 bits per heavy atom. The number of pyridine rings is 1. The summed E-state index contributed by atoms with van der Waals surface area (Å²) in [7, 11) is 0. The van der Waals surface area contributed by atoms with Gasteiger partial charge in [-0.15, -0.1) is 0 Å². The molecule has 1 amide bonds. The highest BCUT2D eigenvalue weighted by atomic mass is 16.5. The number of hydrogen-bond donors (Lipinski definition) is 3. The van der Waals surface area contributed by atoms with E-state index in [0.29, 0.717) is 24.7 Å². The highest BCUT2D eigenvalue weighted by Crippen LogP contribution is 2.02. The third kappa shape index (κ3) is 4.80. The van der Waals surface area contributed by atoms with Gasteiger partial charge in [-0.3, -0.25) is 4.79 Å². The number of carbonyl (C=O) groups excluding carboxylic acids is 1. The minimum atomic E-state index is -0.241. The first-order valence-electron chi connectivity index (χ1n) is 5.47. The van der Waals surface area contributed by atoms with Crippen molar-refractivity contribution in [3.8, 4) is 0 Å². The van der Waals surface area contributed by atoms with Crippen LogP contribution in [-0.2, 0) is 4.74 Å². The highest BCUT2D eigenvalue weighted by Gasteiger charge is 2.06. The molecule has 0 spiro atoms. The standard InChI is InChI=1S/C11H18N4O2/c1-8(2)17-7-6-13-11(16)9-4-3-5-10(14-9)15-12/h3-5,8H,6-7,12H2,1-2H3,(H,13,16)(H,14,15). The maximum absolute atomic E-state index is 11.7. The average molecular weight is 238 g/mol. The maximum Gasteiger partial charge on any atom is 0.270 e. The quantitative estimate of drug-likeness (QED) is 0.382. The molecule has 1 rings (SSSR count). The van der Waals surface area contributed by atoms with Gasteiger partial charge in [0.2, 0.25) is 0 Å². The number of amides is 1. The number of hydrogen-bond acceptors (Lipinski definition) is 5. The van der Waals surface area contributed by atoms with Gasteiger partial charge in [0.25, 0.3) is 5.91 Å². The van der Waals surface area contributed by atoms with Gasteiger partial charge in [0.05, 0.1) is 12.7 Å². The fourth-order valence-electron chi connectivity index (χ4n) is 1.19. The summed E-state index contributed by atoms with van der Waals surface area (Å²) in [5.41, 5.74) is 2.71. The van der Waals surface area contributed by atoms with Gasteiger partial charge in [-0.25, -0.2) is 10.8 Å². The van der Waals surface area contributed by atoms with E-state index in [9.17, 15) is 4.79 Å². The van der Waals surface area contributed by atoms with Crippen molar-refractivity contribution in [2.45, 2.75) is 20.0 Å². The number of anilines is 1. The minimum absolute atomic E-state index is 0.162. The van der Waals surface area contributed by atoms with Gasteiger partial charge < -0.3 is 15.5 Å². The summed E-state index contributed by atoms with van der Waals surface area (Å²) in [5.74, 6) is 5.42. The van der Waals surface area contributed by atoms with Gasteiger partial charge in [0.1, 0.15) is 11.5 Å². The Labute approximate surface area is 101 Å². The second kappa shape index (κ2) is 6.82. The first-order chi connectivity index (χ1) is 8.13. The van der Waals surface area contributed by atoms with Crippen molar-refractivity contribution in [2.24, 2.45) is 5.84 Å². The number of nitrogens with zero attached hydrogens (tertiary/aromatic N) is 1. The van der Waals surface area contributed by atoms with Crippen LogP contribution in [0.25, 0.3) is 0 Å². The first-order valence-corrected chi connectivity index (χ1v) is 5.47. The molecule has 4 N–H and O–H groups in total. The molecule has 0 aliphatic rings. The molecule has 0 fully saturated rings. The number of nitrogens with one attached hydrogen (secondary N) is 2. The number of nitrogen functional groups attached to an aromatic ring is 1. The first kappa shape index (κ1) is 13.4. The molecule has 0 atom stereocenters. The Kier molecular flexibility index (Phi) is 5.38. The zero-order valence-electron chi connectivity index (χ0n) is 10.1. The molecule has 1 aromatic rings. The van der Waals surface area contributed by atoms with Crippen molar-refractivity contribution in [1.29, 1.82) is 0 Å². The van der Waals surface area contributed by atoms with Crippen molar-refractivity contribution in [1.82, 2.24) is 10.3 Å². The number of aromatic nitrogens is 1. The molecule has 0 aromatic carbocycles. The second-order valence-electron chi connectivity index (χ2n) is 3.73. The Bertz CT molecular complexity index is 368. The summed E-state index contributed by atoms with van der Waals surface area (Å²) in [6, 6.07) is 5.01. The second-order valence-corrected chi connectivity index (χ2v) is 3.73. The molecule has 1 heterocycles. The summed E-state index contributed by atoms with van der Waals surface area (Å²) in [6.45, 7) is 4.83. The van der Waals surface area contributed by atoms with E-state index in [1.807, 2.05) is 13.8 Å². The molecule has 0 radical (unpaired) electrons. The molecule has 0 aliphatic heterocycles. The monoisotopic (exact) mass is 238 g/mol. The number of hydrazine groups is 1. The van der Waals surface area contributed by atoms with Crippen LogP contribution in [0.15, 0.2) is 18.2 Å². The third-order valence-electron chi connectivity index (χ3n) is 1.97. The van der Waals surface area contributed by atoms with Crippen molar-refractivity contribution in [3.05, 3.63) is 23.9 Å². The normalized spacial score (nSPS) is 10.4. The molecule has 94 valence electrons. The van der Waals surface area contributed by atoms with Crippen LogP contribution in [0.3, 0.4) is 0 Å². The molecule has 1 aromatic heterocycles. The molecule has 6 heteroatoms. The van der Waals surface area contributed by atoms with Crippen LogP contribution in [0.2, 0.25) is 0 Å². The fraction of sp³-hybridized carbons (Fsp3) is 0.455. The van der Waals surface area contributed by atoms with Crippen molar-refractivity contribution in [3.63, 3.8) is 0 Å². The molecule has 0 aliphatic carbocycles. The number of ether oxygens (including phenoxy) is 1. The smallest absolute Gasteiger partial charge is 0.270 e. The Morgan fingerprint density at radius 1 is 1.53 bits per heavy atom. The average Bonchev–Trinajstić information content (AvgIpc) is 2.34. The van der Waals surface area contributed by atoms with Gasteiger partial charge >= 0.3 is 0 Å². The molecule has 6 nitrogen and oxygen atoms in total. The number of nitrogens with two attached hydrogens (primary N) is 1. The molecule has 0 saturated carbocycles. The summed E-state index contributed by atoms with van der Waals surface area (Å²) in [5, 5.41) is 2.71. The lowest BCUT2D eigenvalue weighted by molar-refractivity contribution is 0.0745. The van der Waals surface area contributed by atoms with Gasteiger partial charge in [0.15, 0.2) is 0 Å². The maximum atomic E-state index is 11.7. The van der Waals surface area contributed by atoms with E-state index in [1.165, 1.54) is 0 Å². The van der Waals surface area contributed by atoms with E-state index in [1.54, 1.807) is 18.2 Å². The largest absolute Gasteiger partial charge is 0.377 e. The van der Waals surface area contributed by atoms with Crippen LogP contribution in [0.1, 0.15) is 24.3 Å². The summed E-state index contributed by atoms with van der Waals surface area (Å²) >= 11 is 0. The van der Waals surface area contributed by atoms with Crippen LogP contribution in [0.4, 0.5) is 5.82 Å². The highest BCUT2D eigenvalue weighted by molar-refractivity contribution is 5.92. The molecule has 0 unspecified atom stereocenters. The van der Waals surface area contributed by atoms with Crippen LogP contribution in [0.5, 0.6) is 0 Å². The predicted molar refractivity (Wildman–Crippen MR) is 65.5 cm³/mol. The lowest BCUT2D eigenvalue weighted by Crippen LogP contribution is -2.29. The topological polar surface area (TPSA) is 89.3 Å². The van der Waals surface area contributed by atoms with E-state index in [2.05, 4.69) is 15.7 Å². The lowest BCUT2D eigenvalue weighted by Gasteiger charge is -2.08. The van der Waals surface area contributed by atoms with Crippen molar-refractivity contribution < 1.29 is 9.53 Å². The summed E-state index contributed by atoms with van der Waals surface area (Å²) < 4.78 is 5.31. The molecule has 17 heavy (non-hydrogen) atoms. The Hall–Kier alpha value is -1.66. The van der Waals surface area contributed by atoms with E-state index < -0.39 is 0 Å². The molecule has 0 saturated heterocycles. The molecular formula is C11H18N4O2. The van der Waals surface area contributed by atoms with E-state index in [-0.39, 0.29) is 12.0 Å². The van der Waals surface area contributed by atoms with Gasteiger partial charge in [-0.1, -0.05) is 6.07 Å². The Morgan fingerprint density at radius 3 is 2.94 bits per heavy atom. The lowest BCUT2D eigenvalue weighted by atomic mass is 10.3. The molecular weight excluding hydrogens is 220 g/mol. The summed E-state index contributed by atoms with van der Waals surface area (Å²) in [4.78, 5) is 15.7. The van der Waals surface area contributed by atoms with Crippen molar-refractivity contribution >= 4 is 11.7 Å². The number of carbonyl (C=O) groups is 1. The summed E-state index contributed by atoms with van der Waals surface area (Å²) in [6.07, 6.45) is 0.162. The van der Waals surface area contributed by atoms with E-state index in [4.69, 9.17) is 10.6 Å². The van der Waals surface area contributed by atoms with Gasteiger partial charge in [-0.05, 0) is 26.0 Å². The SMILES string of the molecule is CC(C)OCCNC(=O)c1cccc(NN)n1. The van der Waals surface area contributed by atoms with Crippen molar-refractivity contribution in [2.75, 3.05) is 18.6 Å². The van der Waals surface area contributed by atoms with E-state index >= 15 is 0 Å². The van der Waals surface area contributed by atoms with Gasteiger partial charge in [-0.2, -0.15) is 0 Å². The third-order valence-corrected chi connectivity index (χ3v) is 1.97. The van der Waals surface area contributed by atoms with Crippen LogP contribution < -0.4 is 16.6 Å². The van der Waals surface area contributed by atoms with Gasteiger partial charge in [0, 0.05) is 6.54 Å². The fourth-order valence-corrected chi connectivity index (χ4v) is 1.19. The number of rotatable bonds is 6. The predicted octanol–water partition coefficient (Wildman–Crippen LogP) is 0.522.